The highest BCUT2D eigenvalue weighted by Gasteiger charge is 2.42. The van der Waals surface area contributed by atoms with Crippen LogP contribution in [-0.4, -0.2) is 20.5 Å². The Morgan fingerprint density at radius 2 is 2.00 bits per heavy atom. The fourth-order valence-corrected chi connectivity index (χ4v) is 5.56. The van der Waals surface area contributed by atoms with Crippen molar-refractivity contribution in [2.75, 3.05) is 0 Å². The van der Waals surface area contributed by atoms with Gasteiger partial charge < -0.3 is 0 Å². The predicted molar refractivity (Wildman–Crippen MR) is 77.7 cm³/mol. The van der Waals surface area contributed by atoms with Crippen molar-refractivity contribution in [1.29, 1.82) is 5.26 Å². The third-order valence-electron chi connectivity index (χ3n) is 4.53. The van der Waals surface area contributed by atoms with Crippen LogP contribution >= 0.6 is 0 Å². The highest BCUT2D eigenvalue weighted by molar-refractivity contribution is 7.86. The van der Waals surface area contributed by atoms with Crippen LogP contribution in [0.3, 0.4) is 0 Å². The lowest BCUT2D eigenvalue weighted by atomic mass is 9.89. The molecule has 2 fully saturated rings. The van der Waals surface area contributed by atoms with E-state index in [1.165, 1.54) is 18.2 Å². The Morgan fingerprint density at radius 3 is 2.62 bits per heavy atom. The molecule has 21 heavy (non-hydrogen) atoms. The van der Waals surface area contributed by atoms with E-state index in [9.17, 15) is 13.4 Å². The third kappa shape index (κ3) is 2.65. The number of ketones is 1. The van der Waals surface area contributed by atoms with Crippen molar-refractivity contribution >= 4 is 16.6 Å². The summed E-state index contributed by atoms with van der Waals surface area (Å²) in [4.78, 5) is 12.6. The summed E-state index contributed by atoms with van der Waals surface area (Å²) in [5.41, 5.74) is 0.740. The van der Waals surface area contributed by atoms with Crippen LogP contribution in [0.15, 0.2) is 18.2 Å². The second kappa shape index (κ2) is 5.69. The third-order valence-corrected chi connectivity index (χ3v) is 6.70. The molecule has 2 aliphatic heterocycles. The molecule has 5 heteroatoms. The molecule has 3 rings (SSSR count). The van der Waals surface area contributed by atoms with Gasteiger partial charge in [-0.2, -0.15) is 5.26 Å². The molecule has 2 aliphatic rings. The molecule has 3 nitrogen and oxygen atoms in total. The fourth-order valence-electron chi connectivity index (χ4n) is 3.43. The van der Waals surface area contributed by atoms with Crippen molar-refractivity contribution < 1.29 is 13.4 Å². The van der Waals surface area contributed by atoms with Gasteiger partial charge in [0.1, 0.15) is 5.82 Å². The first-order valence-corrected chi connectivity index (χ1v) is 8.46. The van der Waals surface area contributed by atoms with Gasteiger partial charge in [-0.1, -0.05) is 0 Å². The Bertz CT molecular complexity index is 636. The zero-order chi connectivity index (χ0) is 15.0. The van der Waals surface area contributed by atoms with E-state index >= 15 is 0 Å². The zero-order valence-corrected chi connectivity index (χ0v) is 12.4. The lowest BCUT2D eigenvalue weighted by molar-refractivity contribution is 0.0906. The van der Waals surface area contributed by atoms with E-state index in [1.54, 1.807) is 0 Å². The summed E-state index contributed by atoms with van der Waals surface area (Å²) < 4.78 is 25.5. The van der Waals surface area contributed by atoms with Crippen molar-refractivity contribution in [2.45, 2.75) is 42.6 Å². The molecule has 0 spiro atoms. The van der Waals surface area contributed by atoms with Crippen molar-refractivity contribution in [2.24, 2.45) is 5.92 Å². The number of benzene rings is 1. The van der Waals surface area contributed by atoms with Crippen molar-refractivity contribution in [3.8, 4) is 6.07 Å². The van der Waals surface area contributed by atoms with Gasteiger partial charge in [0.25, 0.3) is 0 Å². The molecule has 0 aromatic heterocycles. The van der Waals surface area contributed by atoms with Crippen LogP contribution in [0.2, 0.25) is 0 Å². The second-order valence-corrected chi connectivity index (χ2v) is 7.81. The van der Waals surface area contributed by atoms with Crippen LogP contribution in [0, 0.1) is 23.1 Å². The van der Waals surface area contributed by atoms with Crippen LogP contribution in [0.4, 0.5) is 4.39 Å². The summed E-state index contributed by atoms with van der Waals surface area (Å²) in [6, 6.07) is 6.15. The molecule has 110 valence electrons. The van der Waals surface area contributed by atoms with Gasteiger partial charge >= 0.3 is 0 Å². The molecule has 0 aliphatic carbocycles. The van der Waals surface area contributed by atoms with Gasteiger partial charge in [0.2, 0.25) is 0 Å². The number of hydrogen-bond donors (Lipinski definition) is 0. The number of halogens is 1. The average molecular weight is 305 g/mol. The quantitative estimate of drug-likeness (QED) is 0.807. The van der Waals surface area contributed by atoms with E-state index in [1.807, 2.05) is 6.07 Å². The van der Waals surface area contributed by atoms with Crippen LogP contribution < -0.4 is 0 Å². The molecule has 2 saturated heterocycles. The normalized spacial score (nSPS) is 30.9. The minimum Gasteiger partial charge on any atom is -0.294 e. The highest BCUT2D eigenvalue weighted by Crippen LogP contribution is 2.39. The Morgan fingerprint density at radius 1 is 1.33 bits per heavy atom. The Hall–Kier alpha value is -1.54. The van der Waals surface area contributed by atoms with Crippen LogP contribution in [0.25, 0.3) is 0 Å². The number of carbonyl (C=O) groups excluding carboxylic acids is 1. The zero-order valence-electron chi connectivity index (χ0n) is 11.5. The number of fused-ring (bicyclic) bond motifs is 2. The van der Waals surface area contributed by atoms with Crippen molar-refractivity contribution in [3.05, 3.63) is 35.1 Å². The first-order valence-electron chi connectivity index (χ1n) is 7.19. The molecular weight excluding hydrogens is 289 g/mol. The van der Waals surface area contributed by atoms with Gasteiger partial charge in [-0.25, -0.2) is 4.39 Å². The lowest BCUT2D eigenvalue weighted by Gasteiger charge is -2.26. The molecule has 2 bridgehead atoms. The van der Waals surface area contributed by atoms with E-state index in [2.05, 4.69) is 0 Å². The predicted octanol–water partition coefficient (Wildman–Crippen LogP) is 2.76. The maximum Gasteiger partial charge on any atom is 0.166 e. The number of Topliss-reactive ketones (excluding diaryl/α,β-unsaturated/α-hetero) is 1. The van der Waals surface area contributed by atoms with Gasteiger partial charge in [-0.15, -0.1) is 0 Å². The average Bonchev–Trinajstić information content (AvgIpc) is 2.71. The van der Waals surface area contributed by atoms with Gasteiger partial charge in [0.05, 0.1) is 12.5 Å². The molecular formula is C16H16FNO2S. The number of carbonyl (C=O) groups is 1. The van der Waals surface area contributed by atoms with E-state index in [0.29, 0.717) is 18.4 Å². The molecule has 0 N–H and O–H groups in total. The number of hydrogen-bond acceptors (Lipinski definition) is 3. The van der Waals surface area contributed by atoms with Gasteiger partial charge in [0.15, 0.2) is 5.78 Å². The maximum atomic E-state index is 13.5. The number of nitriles is 1. The second-order valence-electron chi connectivity index (χ2n) is 5.82. The van der Waals surface area contributed by atoms with Crippen LogP contribution in [-0.2, 0) is 17.2 Å². The minimum atomic E-state index is -0.779. The molecule has 2 heterocycles. The van der Waals surface area contributed by atoms with E-state index < -0.39 is 16.6 Å². The summed E-state index contributed by atoms with van der Waals surface area (Å²) in [7, 11) is -0.779. The molecule has 0 radical (unpaired) electrons. The van der Waals surface area contributed by atoms with E-state index in [4.69, 9.17) is 5.26 Å². The first kappa shape index (κ1) is 14.4. The summed E-state index contributed by atoms with van der Waals surface area (Å²) in [5, 5.41) is 8.99. The summed E-state index contributed by atoms with van der Waals surface area (Å²) in [6.45, 7) is 0. The number of nitrogens with zero attached hydrogens (tertiary/aromatic N) is 1. The fraction of sp³-hybridized carbons (Fsp3) is 0.500. The summed E-state index contributed by atoms with van der Waals surface area (Å²) in [6.07, 6.45) is 3.21. The van der Waals surface area contributed by atoms with Gasteiger partial charge in [-0.3, -0.25) is 9.00 Å². The molecule has 2 unspecified atom stereocenters. The van der Waals surface area contributed by atoms with Crippen LogP contribution in [0.1, 0.15) is 41.6 Å². The Kier molecular flexibility index (Phi) is 3.90. The Labute approximate surface area is 125 Å². The minimum absolute atomic E-state index is 0.00258. The van der Waals surface area contributed by atoms with Crippen molar-refractivity contribution in [3.63, 3.8) is 0 Å². The van der Waals surface area contributed by atoms with Crippen molar-refractivity contribution in [1.82, 2.24) is 0 Å². The van der Waals surface area contributed by atoms with E-state index in [0.717, 1.165) is 12.8 Å². The lowest BCUT2D eigenvalue weighted by Crippen LogP contribution is -2.32. The summed E-state index contributed by atoms with van der Waals surface area (Å²) in [5.74, 6) is -0.554. The highest BCUT2D eigenvalue weighted by atomic mass is 32.2. The summed E-state index contributed by atoms with van der Waals surface area (Å²) >= 11 is 0. The molecule has 0 amide bonds. The van der Waals surface area contributed by atoms with Gasteiger partial charge in [-0.05, 0) is 43.9 Å². The van der Waals surface area contributed by atoms with Gasteiger partial charge in [0, 0.05) is 38.3 Å². The maximum absolute atomic E-state index is 13.5. The largest absolute Gasteiger partial charge is 0.294 e. The molecule has 0 saturated carbocycles. The monoisotopic (exact) mass is 305 g/mol. The molecule has 1 aromatic carbocycles. The first-order chi connectivity index (χ1) is 10.1. The molecule has 1 aromatic rings. The molecule has 2 atom stereocenters. The topological polar surface area (TPSA) is 57.9 Å². The SMILES string of the molecule is N#CCc1cc(C(=O)C2CC3CCC(C2)S3=O)ccc1F. The smallest absolute Gasteiger partial charge is 0.166 e. The van der Waals surface area contributed by atoms with E-state index in [-0.39, 0.29) is 34.2 Å². The Balaban J connectivity index is 1.81. The van der Waals surface area contributed by atoms with Crippen LogP contribution in [0.5, 0.6) is 0 Å². The standard InChI is InChI=1S/C16H16FNO2S/c17-15-4-1-11(7-10(15)5-6-18)16(19)12-8-13-2-3-14(9-12)21(13)20/h1,4,7,12-14H,2-3,5,8-9H2. The number of rotatable bonds is 3.